The van der Waals surface area contributed by atoms with Gasteiger partial charge in [0.05, 0.1) is 19.8 Å². The summed E-state index contributed by atoms with van der Waals surface area (Å²) in [6.45, 7) is 6.28. The van der Waals surface area contributed by atoms with Gasteiger partial charge in [-0.25, -0.2) is 0 Å². The number of amides is 3. The van der Waals surface area contributed by atoms with E-state index >= 15 is 0 Å². The summed E-state index contributed by atoms with van der Waals surface area (Å²) < 4.78 is 11.5. The Hall–Kier alpha value is -3.96. The van der Waals surface area contributed by atoms with E-state index in [1.807, 2.05) is 26.0 Å². The number of carbonyl (C=O) groups is 3. The van der Waals surface area contributed by atoms with Gasteiger partial charge in [-0.1, -0.05) is 13.8 Å². The fourth-order valence-electron chi connectivity index (χ4n) is 5.43. The zero-order valence-corrected chi connectivity index (χ0v) is 25.9. The molecule has 228 valence electrons. The topological polar surface area (TPSA) is 122 Å². The van der Waals surface area contributed by atoms with Crippen LogP contribution in [-0.4, -0.2) is 66.5 Å². The van der Waals surface area contributed by atoms with Crippen molar-refractivity contribution in [1.82, 2.24) is 25.8 Å². The van der Waals surface area contributed by atoms with E-state index in [4.69, 9.17) is 9.47 Å². The normalized spacial score (nSPS) is 19.2. The number of hydrogen-bond donors (Lipinski definition) is 3. The Balaban J connectivity index is 1.55. The van der Waals surface area contributed by atoms with E-state index < -0.39 is 17.5 Å². The van der Waals surface area contributed by atoms with Crippen molar-refractivity contribution in [3.05, 3.63) is 64.1 Å². The third-order valence-electron chi connectivity index (χ3n) is 7.84. The van der Waals surface area contributed by atoms with Gasteiger partial charge in [0, 0.05) is 49.7 Å². The van der Waals surface area contributed by atoms with Crippen molar-refractivity contribution in [1.29, 1.82) is 0 Å². The minimum absolute atomic E-state index is 0.182. The first-order valence-corrected chi connectivity index (χ1v) is 15.5. The highest BCUT2D eigenvalue weighted by atomic mass is 32.1. The molecule has 3 aromatic rings. The van der Waals surface area contributed by atoms with Gasteiger partial charge in [0.25, 0.3) is 5.91 Å². The minimum atomic E-state index is -1.05. The lowest BCUT2D eigenvalue weighted by Crippen LogP contribution is -2.55. The first-order valence-electron chi connectivity index (χ1n) is 14.6. The van der Waals surface area contributed by atoms with Crippen LogP contribution in [0, 0.1) is 5.92 Å². The molecule has 2 aromatic heterocycles. The Morgan fingerprint density at radius 3 is 2.56 bits per heavy atom. The van der Waals surface area contributed by atoms with Crippen molar-refractivity contribution in [3.8, 4) is 22.6 Å². The minimum Gasteiger partial charge on any atom is -0.493 e. The Bertz CT molecular complexity index is 1470. The maximum Gasteiger partial charge on any atom is 0.253 e. The number of thiophene rings is 1. The Kier molecular flexibility index (Phi) is 9.31. The van der Waals surface area contributed by atoms with Crippen molar-refractivity contribution < 1.29 is 23.9 Å². The van der Waals surface area contributed by atoms with Gasteiger partial charge in [0.1, 0.15) is 11.6 Å². The van der Waals surface area contributed by atoms with Crippen LogP contribution in [0.4, 0.5) is 0 Å². The molecule has 3 N–H and O–H groups in total. The molecule has 3 amide bonds. The number of carbonyl (C=O) groups excluding carboxylic acids is 3. The standard InChI is InChI=1S/C32H39N5O5S/c1-20(2)11-26-30(39)34-8-9-37(17-21-5-10-43-19-21)18-22-12-25(28(42-4)27(13-22)41-3)23-14-24(16-33-15-23)29(38)36-32(6-7-32)31(40)35-26/h5,10,12-16,19-20,26H,6-9,11,17-18H2,1-4H3,(H,34,39)(H,35,40)(H,36,38)/t26-/m1/s1. The molecule has 1 aromatic carbocycles. The molecule has 10 nitrogen and oxygen atoms in total. The molecular formula is C32H39N5O5S. The summed E-state index contributed by atoms with van der Waals surface area (Å²) in [6, 6.07) is 7.12. The number of nitrogens with one attached hydrogen (secondary N) is 3. The molecule has 1 fully saturated rings. The lowest BCUT2D eigenvalue weighted by Gasteiger charge is -2.26. The number of ether oxygens (including phenoxy) is 2. The molecule has 11 heteroatoms. The molecule has 2 aliphatic rings. The summed E-state index contributed by atoms with van der Waals surface area (Å²) in [4.78, 5) is 46.8. The molecule has 4 bridgehead atoms. The molecule has 5 rings (SSSR count). The van der Waals surface area contributed by atoms with Crippen LogP contribution < -0.4 is 25.4 Å². The summed E-state index contributed by atoms with van der Waals surface area (Å²) in [5.74, 6) is 0.300. The van der Waals surface area contributed by atoms with E-state index in [0.717, 1.165) is 11.1 Å². The monoisotopic (exact) mass is 605 g/mol. The lowest BCUT2D eigenvalue weighted by molar-refractivity contribution is -0.130. The molecule has 1 atom stereocenters. The Labute approximate surface area is 256 Å². The van der Waals surface area contributed by atoms with E-state index in [1.54, 1.807) is 37.8 Å². The summed E-state index contributed by atoms with van der Waals surface area (Å²) in [6.07, 6.45) is 4.65. The SMILES string of the molecule is COc1cc2cc(c1OC)-c1cncc(c1)C(=O)NC1(CC1)C(=O)N[C@H](CC(C)C)C(=O)NCCN(Cc1ccsc1)C2. The number of nitrogens with zero attached hydrogens (tertiary/aromatic N) is 2. The van der Waals surface area contributed by atoms with Gasteiger partial charge in [-0.3, -0.25) is 24.3 Å². The highest BCUT2D eigenvalue weighted by molar-refractivity contribution is 7.07. The third-order valence-corrected chi connectivity index (χ3v) is 8.57. The van der Waals surface area contributed by atoms with Crippen LogP contribution >= 0.6 is 11.3 Å². The van der Waals surface area contributed by atoms with Crippen LogP contribution in [0.3, 0.4) is 0 Å². The van der Waals surface area contributed by atoms with Gasteiger partial charge in [-0.05, 0) is 71.3 Å². The zero-order chi connectivity index (χ0) is 30.6. The molecule has 0 unspecified atom stereocenters. The van der Waals surface area contributed by atoms with E-state index in [-0.39, 0.29) is 17.7 Å². The molecule has 1 saturated carbocycles. The van der Waals surface area contributed by atoms with Gasteiger partial charge >= 0.3 is 0 Å². The van der Waals surface area contributed by atoms with Crippen LogP contribution in [0.2, 0.25) is 0 Å². The van der Waals surface area contributed by atoms with Crippen molar-refractivity contribution in [2.45, 2.75) is 57.8 Å². The number of hydrogen-bond acceptors (Lipinski definition) is 8. The molecule has 1 aliphatic heterocycles. The number of aromatic nitrogens is 1. The third kappa shape index (κ3) is 7.17. The van der Waals surface area contributed by atoms with E-state index in [0.29, 0.717) is 68.1 Å². The van der Waals surface area contributed by atoms with Crippen molar-refractivity contribution in [2.75, 3.05) is 27.3 Å². The maximum atomic E-state index is 13.4. The van der Waals surface area contributed by atoms with Crippen LogP contribution in [-0.2, 0) is 22.7 Å². The van der Waals surface area contributed by atoms with E-state index in [1.165, 1.54) is 11.8 Å². The van der Waals surface area contributed by atoms with E-state index in [2.05, 4.69) is 42.7 Å². The summed E-state index contributed by atoms with van der Waals surface area (Å²) in [7, 11) is 3.18. The maximum absolute atomic E-state index is 13.4. The van der Waals surface area contributed by atoms with Crippen LogP contribution in [0.25, 0.3) is 11.1 Å². The first kappa shape index (κ1) is 30.5. The summed E-state index contributed by atoms with van der Waals surface area (Å²) >= 11 is 1.64. The predicted molar refractivity (Wildman–Crippen MR) is 165 cm³/mol. The second-order valence-corrected chi connectivity index (χ2v) is 12.4. The summed E-state index contributed by atoms with van der Waals surface area (Å²) in [5.41, 5.74) is 2.85. The van der Waals surface area contributed by atoms with Crippen LogP contribution in [0.1, 0.15) is 54.6 Å². The van der Waals surface area contributed by atoms with Crippen LogP contribution in [0.15, 0.2) is 47.4 Å². The molecule has 1 aliphatic carbocycles. The van der Waals surface area contributed by atoms with Crippen molar-refractivity contribution >= 4 is 29.1 Å². The first-order chi connectivity index (χ1) is 20.7. The number of fused-ring (bicyclic) bond motifs is 5. The quantitative estimate of drug-likeness (QED) is 0.391. The van der Waals surface area contributed by atoms with Gasteiger partial charge in [0.2, 0.25) is 11.8 Å². The molecule has 43 heavy (non-hydrogen) atoms. The highest BCUT2D eigenvalue weighted by Gasteiger charge is 2.52. The van der Waals surface area contributed by atoms with Crippen LogP contribution in [0.5, 0.6) is 11.5 Å². The van der Waals surface area contributed by atoms with Gasteiger partial charge in [-0.2, -0.15) is 11.3 Å². The number of methoxy groups -OCH3 is 2. The second kappa shape index (κ2) is 13.1. The Morgan fingerprint density at radius 2 is 1.88 bits per heavy atom. The van der Waals surface area contributed by atoms with Gasteiger partial charge < -0.3 is 25.4 Å². The molecule has 0 saturated heterocycles. The number of pyridine rings is 1. The fraction of sp³-hybridized carbons (Fsp3) is 0.438. The van der Waals surface area contributed by atoms with Crippen molar-refractivity contribution in [3.63, 3.8) is 0 Å². The number of rotatable bonds is 6. The van der Waals surface area contributed by atoms with Crippen molar-refractivity contribution in [2.24, 2.45) is 5.92 Å². The van der Waals surface area contributed by atoms with Gasteiger partial charge in [0.15, 0.2) is 11.5 Å². The Morgan fingerprint density at radius 1 is 1.09 bits per heavy atom. The summed E-state index contributed by atoms with van der Waals surface area (Å²) in [5, 5.41) is 13.1. The highest BCUT2D eigenvalue weighted by Crippen LogP contribution is 2.40. The molecule has 3 heterocycles. The molecule has 0 radical (unpaired) electrons. The average Bonchev–Trinajstić information content (AvgIpc) is 3.59. The average molecular weight is 606 g/mol. The lowest BCUT2D eigenvalue weighted by atomic mass is 10.00. The zero-order valence-electron chi connectivity index (χ0n) is 25.1. The van der Waals surface area contributed by atoms with Gasteiger partial charge in [-0.15, -0.1) is 0 Å². The predicted octanol–water partition coefficient (Wildman–Crippen LogP) is 3.75. The smallest absolute Gasteiger partial charge is 0.253 e. The van der Waals surface area contributed by atoms with E-state index in [9.17, 15) is 14.4 Å². The fourth-order valence-corrected chi connectivity index (χ4v) is 6.09. The largest absolute Gasteiger partial charge is 0.493 e. The number of benzene rings is 1. The molecular weight excluding hydrogens is 566 g/mol. The molecule has 1 spiro atoms. The second-order valence-electron chi connectivity index (χ2n) is 11.7.